The van der Waals surface area contributed by atoms with Crippen molar-refractivity contribution in [3.63, 3.8) is 0 Å². The van der Waals surface area contributed by atoms with Gasteiger partial charge in [-0.1, -0.05) is 0 Å². The van der Waals surface area contributed by atoms with Gasteiger partial charge in [-0.15, -0.1) is 0 Å². The number of carbonyl (C=O) groups excluding carboxylic acids is 1. The number of ether oxygens (including phenoxy) is 1. The van der Waals surface area contributed by atoms with Crippen molar-refractivity contribution < 1.29 is 9.53 Å². The average Bonchev–Trinajstić information content (AvgIpc) is 2.43. The number of amides is 1. The number of benzene rings is 1. The minimum atomic E-state index is -0.266. The van der Waals surface area contributed by atoms with E-state index >= 15 is 0 Å². The Morgan fingerprint density at radius 3 is 2.65 bits per heavy atom. The summed E-state index contributed by atoms with van der Waals surface area (Å²) >= 11 is 0. The Balaban J connectivity index is 2.25. The number of aryl methyl sites for hydroxylation is 2. The number of nitrogens with one attached hydrogen (secondary N) is 1. The van der Waals surface area contributed by atoms with Gasteiger partial charge < -0.3 is 15.8 Å². The normalized spacial score (nSPS) is 10.2. The molecule has 1 amide bonds. The molecule has 0 saturated heterocycles. The van der Waals surface area contributed by atoms with Gasteiger partial charge in [0.05, 0.1) is 35.4 Å². The van der Waals surface area contributed by atoms with Crippen molar-refractivity contribution in [2.24, 2.45) is 0 Å². The molecular formula is C14H16N4O2. The van der Waals surface area contributed by atoms with Crippen LogP contribution in [-0.2, 0) is 0 Å². The molecular weight excluding hydrogens is 256 g/mol. The Kier molecular flexibility index (Phi) is 3.84. The fourth-order valence-corrected chi connectivity index (χ4v) is 1.75. The first kappa shape index (κ1) is 13.8. The first-order valence-corrected chi connectivity index (χ1v) is 6.07. The summed E-state index contributed by atoms with van der Waals surface area (Å²) in [5.74, 6) is 0.371. The molecule has 0 atom stereocenters. The summed E-state index contributed by atoms with van der Waals surface area (Å²) in [5, 5.41) is 10.6. The van der Waals surface area contributed by atoms with Gasteiger partial charge in [-0.25, -0.2) is 0 Å². The van der Waals surface area contributed by atoms with Gasteiger partial charge in [-0.2, -0.15) is 10.2 Å². The van der Waals surface area contributed by atoms with Crippen molar-refractivity contribution in [2.75, 3.05) is 18.2 Å². The Morgan fingerprint density at radius 1 is 1.25 bits per heavy atom. The SMILES string of the molecule is COc1ccc(NC(=O)c2cc(C)nnc2C)c(N)c1. The number of carbonyl (C=O) groups is 1. The molecule has 0 aliphatic heterocycles. The van der Waals surface area contributed by atoms with Crippen molar-refractivity contribution >= 4 is 17.3 Å². The summed E-state index contributed by atoms with van der Waals surface area (Å²) in [6.07, 6.45) is 0. The van der Waals surface area contributed by atoms with E-state index in [4.69, 9.17) is 10.5 Å². The van der Waals surface area contributed by atoms with Gasteiger partial charge in [0.2, 0.25) is 0 Å². The van der Waals surface area contributed by atoms with Crippen molar-refractivity contribution in [1.29, 1.82) is 0 Å². The van der Waals surface area contributed by atoms with E-state index in [0.717, 1.165) is 0 Å². The third kappa shape index (κ3) is 2.85. The van der Waals surface area contributed by atoms with Crippen LogP contribution in [0.5, 0.6) is 5.75 Å². The molecule has 104 valence electrons. The number of hydrogen-bond donors (Lipinski definition) is 2. The zero-order valence-electron chi connectivity index (χ0n) is 11.6. The lowest BCUT2D eigenvalue weighted by Gasteiger charge is -2.10. The van der Waals surface area contributed by atoms with Crippen LogP contribution in [0.3, 0.4) is 0 Å². The average molecular weight is 272 g/mol. The number of hydrogen-bond acceptors (Lipinski definition) is 5. The van der Waals surface area contributed by atoms with E-state index < -0.39 is 0 Å². The maximum absolute atomic E-state index is 12.2. The largest absolute Gasteiger partial charge is 0.497 e. The van der Waals surface area contributed by atoms with Crippen LogP contribution >= 0.6 is 0 Å². The molecule has 0 aliphatic rings. The number of nitrogen functional groups attached to an aromatic ring is 1. The van der Waals surface area contributed by atoms with E-state index in [1.54, 1.807) is 45.2 Å². The maximum atomic E-state index is 12.2. The summed E-state index contributed by atoms with van der Waals surface area (Å²) in [5.41, 5.74) is 8.57. The third-order valence-corrected chi connectivity index (χ3v) is 2.85. The summed E-state index contributed by atoms with van der Waals surface area (Å²) in [7, 11) is 1.56. The van der Waals surface area contributed by atoms with Gasteiger partial charge in [0.1, 0.15) is 5.75 Å². The van der Waals surface area contributed by atoms with Crippen LogP contribution in [0, 0.1) is 13.8 Å². The number of aromatic nitrogens is 2. The van der Waals surface area contributed by atoms with E-state index in [2.05, 4.69) is 15.5 Å². The van der Waals surface area contributed by atoms with Crippen LogP contribution in [-0.4, -0.2) is 23.2 Å². The molecule has 0 bridgehead atoms. The second-order valence-electron chi connectivity index (χ2n) is 4.39. The van der Waals surface area contributed by atoms with E-state index in [0.29, 0.717) is 34.1 Å². The van der Waals surface area contributed by atoms with Gasteiger partial charge in [0.25, 0.3) is 5.91 Å². The molecule has 0 radical (unpaired) electrons. The highest BCUT2D eigenvalue weighted by Crippen LogP contribution is 2.24. The summed E-state index contributed by atoms with van der Waals surface area (Å²) < 4.78 is 5.06. The van der Waals surface area contributed by atoms with Gasteiger partial charge in [0, 0.05) is 6.07 Å². The second kappa shape index (κ2) is 5.56. The second-order valence-corrected chi connectivity index (χ2v) is 4.39. The first-order valence-electron chi connectivity index (χ1n) is 6.07. The van der Waals surface area contributed by atoms with Crippen LogP contribution < -0.4 is 15.8 Å². The lowest BCUT2D eigenvalue weighted by molar-refractivity contribution is 0.102. The van der Waals surface area contributed by atoms with Crippen LogP contribution in [0.25, 0.3) is 0 Å². The molecule has 0 spiro atoms. The predicted molar refractivity (Wildman–Crippen MR) is 76.9 cm³/mol. The minimum Gasteiger partial charge on any atom is -0.497 e. The Morgan fingerprint density at radius 2 is 2.00 bits per heavy atom. The highest BCUT2D eigenvalue weighted by molar-refractivity contribution is 6.06. The molecule has 0 saturated carbocycles. The van der Waals surface area contributed by atoms with Gasteiger partial charge >= 0.3 is 0 Å². The molecule has 6 nitrogen and oxygen atoms in total. The zero-order chi connectivity index (χ0) is 14.7. The highest BCUT2D eigenvalue weighted by Gasteiger charge is 2.13. The number of methoxy groups -OCH3 is 1. The van der Waals surface area contributed by atoms with Crippen molar-refractivity contribution in [2.45, 2.75) is 13.8 Å². The predicted octanol–water partition coefficient (Wildman–Crippen LogP) is 1.94. The van der Waals surface area contributed by atoms with Crippen molar-refractivity contribution in [3.05, 3.63) is 41.2 Å². The monoisotopic (exact) mass is 272 g/mol. The van der Waals surface area contributed by atoms with E-state index in [-0.39, 0.29) is 5.91 Å². The number of nitrogens with two attached hydrogens (primary N) is 1. The lowest BCUT2D eigenvalue weighted by atomic mass is 10.1. The van der Waals surface area contributed by atoms with Crippen LogP contribution in [0.4, 0.5) is 11.4 Å². The molecule has 0 aliphatic carbocycles. The van der Waals surface area contributed by atoms with E-state index in [1.807, 2.05) is 0 Å². The minimum absolute atomic E-state index is 0.266. The molecule has 20 heavy (non-hydrogen) atoms. The fourth-order valence-electron chi connectivity index (χ4n) is 1.75. The standard InChI is InChI=1S/C14H16N4O2/c1-8-6-11(9(2)18-17-8)14(19)16-13-5-4-10(20-3)7-12(13)15/h4-7H,15H2,1-3H3,(H,16,19). The van der Waals surface area contributed by atoms with Crippen LogP contribution in [0.15, 0.2) is 24.3 Å². The van der Waals surface area contributed by atoms with Crippen molar-refractivity contribution in [1.82, 2.24) is 10.2 Å². The van der Waals surface area contributed by atoms with E-state index in [1.165, 1.54) is 0 Å². The number of anilines is 2. The van der Waals surface area contributed by atoms with Gasteiger partial charge in [-0.3, -0.25) is 4.79 Å². The van der Waals surface area contributed by atoms with Crippen LogP contribution in [0.2, 0.25) is 0 Å². The third-order valence-electron chi connectivity index (χ3n) is 2.85. The molecule has 1 aromatic carbocycles. The molecule has 0 unspecified atom stereocenters. The Bertz CT molecular complexity index is 656. The number of rotatable bonds is 3. The van der Waals surface area contributed by atoms with Crippen molar-refractivity contribution in [3.8, 4) is 5.75 Å². The molecule has 6 heteroatoms. The summed E-state index contributed by atoms with van der Waals surface area (Å²) in [6.45, 7) is 3.52. The molecule has 1 heterocycles. The smallest absolute Gasteiger partial charge is 0.257 e. The molecule has 3 N–H and O–H groups in total. The fraction of sp³-hybridized carbons (Fsp3) is 0.214. The van der Waals surface area contributed by atoms with Gasteiger partial charge in [0.15, 0.2) is 0 Å². The van der Waals surface area contributed by atoms with Crippen LogP contribution in [0.1, 0.15) is 21.7 Å². The summed E-state index contributed by atoms with van der Waals surface area (Å²) in [6, 6.07) is 6.77. The Labute approximate surface area is 117 Å². The first-order chi connectivity index (χ1) is 9.51. The maximum Gasteiger partial charge on any atom is 0.257 e. The lowest BCUT2D eigenvalue weighted by Crippen LogP contribution is -2.16. The molecule has 2 rings (SSSR count). The van der Waals surface area contributed by atoms with E-state index in [9.17, 15) is 4.79 Å². The quantitative estimate of drug-likeness (QED) is 0.833. The highest BCUT2D eigenvalue weighted by atomic mass is 16.5. The topological polar surface area (TPSA) is 90.1 Å². The zero-order valence-corrected chi connectivity index (χ0v) is 11.6. The van der Waals surface area contributed by atoms with Gasteiger partial charge in [-0.05, 0) is 32.0 Å². The Hall–Kier alpha value is -2.63. The summed E-state index contributed by atoms with van der Waals surface area (Å²) in [4.78, 5) is 12.2. The number of nitrogens with zero attached hydrogens (tertiary/aromatic N) is 2. The molecule has 1 aromatic heterocycles. The molecule has 2 aromatic rings. The molecule has 0 fully saturated rings.